The predicted octanol–water partition coefficient (Wildman–Crippen LogP) is 0.196. The maximum absolute atomic E-state index is 11.8. The van der Waals surface area contributed by atoms with Crippen LogP contribution >= 0.6 is 0 Å². The van der Waals surface area contributed by atoms with Crippen LogP contribution in [-0.2, 0) is 19.1 Å². The van der Waals surface area contributed by atoms with Crippen molar-refractivity contribution in [2.75, 3.05) is 20.3 Å². The fraction of sp³-hybridized carbons (Fsp3) is 0.600. The Kier molecular flexibility index (Phi) is 4.16. The fourth-order valence-electron chi connectivity index (χ4n) is 1.41. The van der Waals surface area contributed by atoms with Crippen LogP contribution in [0.25, 0.3) is 0 Å². The highest BCUT2D eigenvalue weighted by molar-refractivity contribution is 5.93. The van der Waals surface area contributed by atoms with Gasteiger partial charge in [0.25, 0.3) is 5.91 Å². The second-order valence-corrected chi connectivity index (χ2v) is 3.38. The third-order valence-corrected chi connectivity index (χ3v) is 2.32. The number of carboxylic acids is 1. The number of amides is 1. The van der Waals surface area contributed by atoms with Crippen molar-refractivity contribution in [3.8, 4) is 0 Å². The largest absolute Gasteiger partial charge is 0.494 e. The van der Waals surface area contributed by atoms with Crippen molar-refractivity contribution < 1.29 is 24.2 Å². The number of ether oxygens (including phenoxy) is 2. The van der Waals surface area contributed by atoms with Gasteiger partial charge >= 0.3 is 5.97 Å². The van der Waals surface area contributed by atoms with Gasteiger partial charge in [-0.25, -0.2) is 4.79 Å². The predicted molar refractivity (Wildman–Crippen MR) is 54.5 cm³/mol. The number of aliphatic carboxylic acids is 1. The summed E-state index contributed by atoms with van der Waals surface area (Å²) in [5.74, 6) is -1.46. The van der Waals surface area contributed by atoms with Gasteiger partial charge in [0, 0.05) is 7.05 Å². The molecule has 1 aliphatic rings. The highest BCUT2D eigenvalue weighted by Crippen LogP contribution is 2.11. The molecule has 0 aromatic carbocycles. The van der Waals surface area contributed by atoms with E-state index in [1.54, 1.807) is 6.92 Å². The zero-order chi connectivity index (χ0) is 12.1. The van der Waals surface area contributed by atoms with Gasteiger partial charge in [0.15, 0.2) is 0 Å². The lowest BCUT2D eigenvalue weighted by Gasteiger charge is -2.25. The van der Waals surface area contributed by atoms with Crippen LogP contribution in [0.1, 0.15) is 13.3 Å². The van der Waals surface area contributed by atoms with Gasteiger partial charge in [0.05, 0.1) is 0 Å². The first kappa shape index (κ1) is 12.4. The van der Waals surface area contributed by atoms with Crippen LogP contribution < -0.4 is 0 Å². The van der Waals surface area contributed by atoms with Crippen molar-refractivity contribution in [1.29, 1.82) is 0 Å². The van der Waals surface area contributed by atoms with Crippen molar-refractivity contribution in [3.63, 3.8) is 0 Å². The van der Waals surface area contributed by atoms with Gasteiger partial charge in [-0.15, -0.1) is 0 Å². The van der Waals surface area contributed by atoms with E-state index in [0.717, 1.165) is 4.90 Å². The van der Waals surface area contributed by atoms with E-state index in [0.29, 0.717) is 19.6 Å². The Morgan fingerprint density at radius 3 is 2.69 bits per heavy atom. The van der Waals surface area contributed by atoms with E-state index in [1.165, 1.54) is 13.3 Å². The molecule has 1 aliphatic heterocycles. The van der Waals surface area contributed by atoms with E-state index in [9.17, 15) is 9.59 Å². The van der Waals surface area contributed by atoms with Crippen molar-refractivity contribution >= 4 is 11.9 Å². The van der Waals surface area contributed by atoms with Crippen LogP contribution in [-0.4, -0.2) is 48.2 Å². The van der Waals surface area contributed by atoms with Crippen LogP contribution in [0.15, 0.2) is 12.0 Å². The van der Waals surface area contributed by atoms with Crippen LogP contribution in [0.5, 0.6) is 0 Å². The average molecular weight is 229 g/mol. The Morgan fingerprint density at radius 2 is 2.25 bits per heavy atom. The summed E-state index contributed by atoms with van der Waals surface area (Å²) in [6.07, 6.45) is 1.56. The molecule has 0 aromatic heterocycles. The van der Waals surface area contributed by atoms with Gasteiger partial charge in [0.1, 0.15) is 25.5 Å². The first-order valence-corrected chi connectivity index (χ1v) is 5.02. The standard InChI is InChI=1S/C10H15NO5/c1-3-7(10(13)14)11(2)9(12)8-6-15-4-5-16-8/h6-7H,3-5H2,1-2H3,(H,13,14). The third-order valence-electron chi connectivity index (χ3n) is 2.32. The summed E-state index contributed by atoms with van der Waals surface area (Å²) in [5, 5.41) is 8.91. The zero-order valence-corrected chi connectivity index (χ0v) is 9.30. The highest BCUT2D eigenvalue weighted by atomic mass is 16.6. The minimum absolute atomic E-state index is 0.0495. The molecule has 0 aliphatic carbocycles. The van der Waals surface area contributed by atoms with Crippen LogP contribution in [0, 0.1) is 0 Å². The molecule has 1 rings (SSSR count). The van der Waals surface area contributed by atoms with Crippen LogP contribution in [0.2, 0.25) is 0 Å². The molecule has 0 spiro atoms. The number of carbonyl (C=O) groups is 2. The normalized spacial score (nSPS) is 16.5. The van der Waals surface area contributed by atoms with E-state index < -0.39 is 17.9 Å². The number of carbonyl (C=O) groups excluding carboxylic acids is 1. The average Bonchev–Trinajstić information content (AvgIpc) is 2.29. The first-order chi connectivity index (χ1) is 7.57. The molecule has 0 bridgehead atoms. The van der Waals surface area contributed by atoms with Gasteiger partial charge < -0.3 is 19.5 Å². The van der Waals surface area contributed by atoms with E-state index in [1.807, 2.05) is 0 Å². The number of carboxylic acid groups (broad SMARTS) is 1. The summed E-state index contributed by atoms with van der Waals surface area (Å²) in [7, 11) is 1.43. The van der Waals surface area contributed by atoms with Gasteiger partial charge in [-0.2, -0.15) is 0 Å². The van der Waals surface area contributed by atoms with Crippen LogP contribution in [0.4, 0.5) is 0 Å². The van der Waals surface area contributed by atoms with Crippen LogP contribution in [0.3, 0.4) is 0 Å². The molecule has 1 atom stereocenters. The molecular weight excluding hydrogens is 214 g/mol. The molecule has 0 saturated carbocycles. The summed E-state index contributed by atoms with van der Waals surface area (Å²) < 4.78 is 10.0. The molecule has 0 saturated heterocycles. The third kappa shape index (κ3) is 2.65. The SMILES string of the molecule is CCC(C(=O)O)N(C)C(=O)C1=COCCO1. The monoisotopic (exact) mass is 229 g/mol. The second-order valence-electron chi connectivity index (χ2n) is 3.38. The first-order valence-electron chi connectivity index (χ1n) is 5.02. The summed E-state index contributed by atoms with van der Waals surface area (Å²) >= 11 is 0. The maximum Gasteiger partial charge on any atom is 0.326 e. The highest BCUT2D eigenvalue weighted by Gasteiger charge is 2.28. The molecule has 6 heteroatoms. The molecule has 1 N–H and O–H groups in total. The number of rotatable bonds is 4. The number of nitrogens with zero attached hydrogens (tertiary/aromatic N) is 1. The minimum Gasteiger partial charge on any atom is -0.494 e. The van der Waals surface area contributed by atoms with Crippen molar-refractivity contribution in [2.24, 2.45) is 0 Å². The molecule has 1 heterocycles. The van der Waals surface area contributed by atoms with Gasteiger partial charge in [-0.1, -0.05) is 6.92 Å². The molecule has 1 unspecified atom stereocenters. The Bertz CT molecular complexity index is 312. The zero-order valence-electron chi connectivity index (χ0n) is 9.30. The fourth-order valence-corrected chi connectivity index (χ4v) is 1.41. The van der Waals surface area contributed by atoms with Crippen molar-refractivity contribution in [3.05, 3.63) is 12.0 Å². The van der Waals surface area contributed by atoms with E-state index in [-0.39, 0.29) is 5.76 Å². The quantitative estimate of drug-likeness (QED) is 0.745. The lowest BCUT2D eigenvalue weighted by molar-refractivity contribution is -0.149. The number of likely N-dealkylation sites (N-methyl/N-ethyl adjacent to an activating group) is 1. The molecular formula is C10H15NO5. The molecule has 16 heavy (non-hydrogen) atoms. The smallest absolute Gasteiger partial charge is 0.326 e. The molecule has 0 radical (unpaired) electrons. The van der Waals surface area contributed by atoms with Crippen molar-refractivity contribution in [1.82, 2.24) is 4.90 Å². The Balaban J connectivity index is 2.72. The lowest BCUT2D eigenvalue weighted by atomic mass is 10.2. The number of hydrogen-bond acceptors (Lipinski definition) is 4. The van der Waals surface area contributed by atoms with Gasteiger partial charge in [0.2, 0.25) is 5.76 Å². The summed E-state index contributed by atoms with van der Waals surface area (Å²) in [5.41, 5.74) is 0. The molecule has 6 nitrogen and oxygen atoms in total. The summed E-state index contributed by atoms with van der Waals surface area (Å²) in [6, 6.07) is -0.848. The number of hydrogen-bond donors (Lipinski definition) is 1. The maximum atomic E-state index is 11.8. The Morgan fingerprint density at radius 1 is 1.56 bits per heavy atom. The van der Waals surface area contributed by atoms with Crippen molar-refractivity contribution in [2.45, 2.75) is 19.4 Å². The molecule has 90 valence electrons. The minimum atomic E-state index is -1.03. The van der Waals surface area contributed by atoms with Gasteiger partial charge in [-0.3, -0.25) is 4.79 Å². The van der Waals surface area contributed by atoms with E-state index in [4.69, 9.17) is 14.6 Å². The Labute approximate surface area is 93.4 Å². The van der Waals surface area contributed by atoms with Gasteiger partial charge in [-0.05, 0) is 6.42 Å². The Hall–Kier alpha value is -1.72. The topological polar surface area (TPSA) is 76.1 Å². The molecule has 1 amide bonds. The molecule has 0 fully saturated rings. The lowest BCUT2D eigenvalue weighted by Crippen LogP contribution is -2.43. The van der Waals surface area contributed by atoms with E-state index in [2.05, 4.69) is 0 Å². The second kappa shape index (κ2) is 5.39. The molecule has 0 aromatic rings. The summed E-state index contributed by atoms with van der Waals surface area (Å²) in [6.45, 7) is 2.40. The summed E-state index contributed by atoms with van der Waals surface area (Å²) in [4.78, 5) is 23.8. The van der Waals surface area contributed by atoms with E-state index >= 15 is 0 Å².